The largest absolute Gasteiger partial charge is 0.321 e. The average Bonchev–Trinajstić information content (AvgIpc) is 2.00. The van der Waals surface area contributed by atoms with Gasteiger partial charge in [0.15, 0.2) is 5.78 Å². The molecule has 0 aromatic carbocycles. The minimum absolute atomic E-state index is 0.108. The smallest absolute Gasteiger partial charge is 0.153 e. The Labute approximate surface area is 74.8 Å². The van der Waals surface area contributed by atoms with Gasteiger partial charge in [-0.25, -0.2) is 0 Å². The minimum Gasteiger partial charge on any atom is -0.321 e. The van der Waals surface area contributed by atoms with E-state index in [9.17, 15) is 4.79 Å². The Hall–Kier alpha value is -0.630. The van der Waals surface area contributed by atoms with Crippen LogP contribution >= 0.6 is 0 Å². The van der Waals surface area contributed by atoms with Gasteiger partial charge in [-0.15, -0.1) is 0 Å². The Morgan fingerprint density at radius 1 is 1.58 bits per heavy atom. The SMILES string of the molecule is C=C(C)CC(=O)C(N)C(C)CC. The minimum atomic E-state index is -0.313. The van der Waals surface area contributed by atoms with Gasteiger partial charge >= 0.3 is 0 Å². The van der Waals surface area contributed by atoms with E-state index >= 15 is 0 Å². The summed E-state index contributed by atoms with van der Waals surface area (Å²) in [6, 6.07) is -0.313. The lowest BCUT2D eigenvalue weighted by Crippen LogP contribution is -2.36. The Bertz CT molecular complexity index is 175. The first-order chi connectivity index (χ1) is 5.49. The summed E-state index contributed by atoms with van der Waals surface area (Å²) in [6.45, 7) is 9.58. The summed E-state index contributed by atoms with van der Waals surface area (Å²) in [5, 5.41) is 0. The van der Waals surface area contributed by atoms with E-state index in [1.807, 2.05) is 20.8 Å². The second-order valence-corrected chi connectivity index (χ2v) is 3.51. The van der Waals surface area contributed by atoms with Gasteiger partial charge < -0.3 is 5.73 Å². The van der Waals surface area contributed by atoms with E-state index in [1.165, 1.54) is 0 Å². The highest BCUT2D eigenvalue weighted by atomic mass is 16.1. The summed E-state index contributed by atoms with van der Waals surface area (Å²) in [5.74, 6) is 0.383. The molecular weight excluding hydrogens is 150 g/mol. The second-order valence-electron chi connectivity index (χ2n) is 3.51. The molecule has 0 rings (SSSR count). The van der Waals surface area contributed by atoms with Crippen molar-refractivity contribution < 1.29 is 4.79 Å². The Balaban J connectivity index is 4.01. The van der Waals surface area contributed by atoms with Crippen LogP contribution in [-0.2, 0) is 4.79 Å². The molecule has 0 saturated heterocycles. The van der Waals surface area contributed by atoms with E-state index in [4.69, 9.17) is 5.73 Å². The summed E-state index contributed by atoms with van der Waals surface area (Å²) < 4.78 is 0. The van der Waals surface area contributed by atoms with Crippen molar-refractivity contribution in [1.29, 1.82) is 0 Å². The van der Waals surface area contributed by atoms with E-state index < -0.39 is 0 Å². The van der Waals surface area contributed by atoms with Crippen LogP contribution in [0.2, 0.25) is 0 Å². The number of ketones is 1. The monoisotopic (exact) mass is 169 g/mol. The summed E-state index contributed by atoms with van der Waals surface area (Å²) in [7, 11) is 0. The normalized spacial score (nSPS) is 15.3. The topological polar surface area (TPSA) is 43.1 Å². The maximum Gasteiger partial charge on any atom is 0.153 e. The second kappa shape index (κ2) is 5.09. The molecule has 0 amide bonds. The number of rotatable bonds is 5. The highest BCUT2D eigenvalue weighted by Gasteiger charge is 2.18. The number of Topliss-reactive ketones (excluding diaryl/α,β-unsaturated/α-hetero) is 1. The summed E-state index contributed by atoms with van der Waals surface area (Å²) in [6.07, 6.45) is 1.37. The van der Waals surface area contributed by atoms with Crippen LogP contribution in [0.1, 0.15) is 33.6 Å². The fourth-order valence-corrected chi connectivity index (χ4v) is 0.987. The van der Waals surface area contributed by atoms with Crippen LogP contribution in [0.5, 0.6) is 0 Å². The molecule has 2 atom stereocenters. The number of nitrogens with two attached hydrogens (primary N) is 1. The molecule has 0 bridgehead atoms. The number of carbonyl (C=O) groups is 1. The lowest BCUT2D eigenvalue weighted by Gasteiger charge is -2.16. The molecule has 0 aliphatic rings. The standard InChI is InChI=1S/C10H19NO/c1-5-8(4)10(11)9(12)6-7(2)3/h8,10H,2,5-6,11H2,1,3-4H3. The molecule has 12 heavy (non-hydrogen) atoms. The third-order valence-electron chi connectivity index (χ3n) is 2.10. The van der Waals surface area contributed by atoms with Crippen molar-refractivity contribution in [2.45, 2.75) is 39.7 Å². The fraction of sp³-hybridized carbons (Fsp3) is 0.700. The van der Waals surface area contributed by atoms with Crippen molar-refractivity contribution in [2.75, 3.05) is 0 Å². The van der Waals surface area contributed by atoms with Crippen LogP contribution in [0, 0.1) is 5.92 Å². The van der Waals surface area contributed by atoms with Gasteiger partial charge in [0.25, 0.3) is 0 Å². The van der Waals surface area contributed by atoms with Gasteiger partial charge in [0.1, 0.15) is 0 Å². The van der Waals surface area contributed by atoms with Crippen molar-refractivity contribution in [3.63, 3.8) is 0 Å². The van der Waals surface area contributed by atoms with Crippen LogP contribution < -0.4 is 5.73 Å². The molecule has 0 saturated carbocycles. The highest BCUT2D eigenvalue weighted by molar-refractivity contribution is 5.85. The van der Waals surface area contributed by atoms with Gasteiger partial charge in [-0.2, -0.15) is 0 Å². The quantitative estimate of drug-likeness (QED) is 0.639. The fourth-order valence-electron chi connectivity index (χ4n) is 0.987. The molecular formula is C10H19NO. The molecule has 0 heterocycles. The predicted molar refractivity (Wildman–Crippen MR) is 51.9 cm³/mol. The highest BCUT2D eigenvalue weighted by Crippen LogP contribution is 2.09. The first kappa shape index (κ1) is 11.4. The Kier molecular flexibility index (Phi) is 4.83. The van der Waals surface area contributed by atoms with Crippen LogP contribution in [0.3, 0.4) is 0 Å². The van der Waals surface area contributed by atoms with Crippen molar-refractivity contribution in [1.82, 2.24) is 0 Å². The van der Waals surface area contributed by atoms with E-state index in [2.05, 4.69) is 6.58 Å². The number of carbonyl (C=O) groups excluding carboxylic acids is 1. The molecule has 2 nitrogen and oxygen atoms in total. The third kappa shape index (κ3) is 3.67. The first-order valence-corrected chi connectivity index (χ1v) is 4.41. The average molecular weight is 169 g/mol. The molecule has 70 valence electrons. The lowest BCUT2D eigenvalue weighted by molar-refractivity contribution is -0.120. The van der Waals surface area contributed by atoms with Crippen LogP contribution in [0.4, 0.5) is 0 Å². The van der Waals surface area contributed by atoms with E-state index in [-0.39, 0.29) is 17.7 Å². The van der Waals surface area contributed by atoms with Gasteiger partial charge in [-0.3, -0.25) is 4.79 Å². The predicted octanol–water partition coefficient (Wildman–Crippen LogP) is 1.90. The molecule has 2 unspecified atom stereocenters. The zero-order chi connectivity index (χ0) is 9.72. The summed E-state index contributed by atoms with van der Waals surface area (Å²) >= 11 is 0. The third-order valence-corrected chi connectivity index (χ3v) is 2.10. The molecule has 0 fully saturated rings. The molecule has 2 N–H and O–H groups in total. The van der Waals surface area contributed by atoms with Crippen molar-refractivity contribution >= 4 is 5.78 Å². The van der Waals surface area contributed by atoms with Crippen molar-refractivity contribution in [3.8, 4) is 0 Å². The number of hydrogen-bond donors (Lipinski definition) is 1. The molecule has 0 aromatic heterocycles. The van der Waals surface area contributed by atoms with Crippen molar-refractivity contribution in [3.05, 3.63) is 12.2 Å². The molecule has 2 heteroatoms. The zero-order valence-corrected chi connectivity index (χ0v) is 8.26. The summed E-state index contributed by atoms with van der Waals surface area (Å²) in [4.78, 5) is 11.4. The van der Waals surface area contributed by atoms with Gasteiger partial charge in [-0.1, -0.05) is 32.4 Å². The lowest BCUT2D eigenvalue weighted by atomic mass is 9.93. The Morgan fingerprint density at radius 2 is 2.08 bits per heavy atom. The van der Waals surface area contributed by atoms with E-state index in [0.717, 1.165) is 12.0 Å². The van der Waals surface area contributed by atoms with Crippen LogP contribution in [0.25, 0.3) is 0 Å². The molecule has 0 spiro atoms. The van der Waals surface area contributed by atoms with E-state index in [0.29, 0.717) is 6.42 Å². The molecule has 0 radical (unpaired) electrons. The Morgan fingerprint density at radius 3 is 2.42 bits per heavy atom. The molecule has 0 aliphatic heterocycles. The summed E-state index contributed by atoms with van der Waals surface area (Å²) in [5.41, 5.74) is 6.62. The maximum atomic E-state index is 11.4. The molecule has 0 aliphatic carbocycles. The number of hydrogen-bond acceptors (Lipinski definition) is 2. The first-order valence-electron chi connectivity index (χ1n) is 4.41. The van der Waals surface area contributed by atoms with Gasteiger partial charge in [0.05, 0.1) is 6.04 Å². The van der Waals surface area contributed by atoms with Crippen molar-refractivity contribution in [2.24, 2.45) is 11.7 Å². The van der Waals surface area contributed by atoms with Gasteiger partial charge in [0.2, 0.25) is 0 Å². The van der Waals surface area contributed by atoms with Crippen LogP contribution in [-0.4, -0.2) is 11.8 Å². The van der Waals surface area contributed by atoms with Gasteiger partial charge in [0, 0.05) is 6.42 Å². The van der Waals surface area contributed by atoms with E-state index in [1.54, 1.807) is 0 Å². The van der Waals surface area contributed by atoms with Crippen LogP contribution in [0.15, 0.2) is 12.2 Å². The molecule has 0 aromatic rings. The maximum absolute atomic E-state index is 11.4. The zero-order valence-electron chi connectivity index (χ0n) is 8.26. The number of allylic oxidation sites excluding steroid dienone is 1. The van der Waals surface area contributed by atoms with Gasteiger partial charge in [-0.05, 0) is 12.8 Å².